The monoisotopic (exact) mass is 450 g/mol. The summed E-state index contributed by atoms with van der Waals surface area (Å²) in [5.41, 5.74) is 3.23. The quantitative estimate of drug-likeness (QED) is 0.340. The average molecular weight is 451 g/mol. The number of hydrogen-bond donors (Lipinski definition) is 2. The molecule has 3 aromatic carbocycles. The van der Waals surface area contributed by atoms with E-state index in [4.69, 9.17) is 9.72 Å². The number of carbonyl (C=O) groups is 1. The van der Waals surface area contributed by atoms with Crippen LogP contribution >= 0.6 is 0 Å². The van der Waals surface area contributed by atoms with E-state index in [-0.39, 0.29) is 6.03 Å². The predicted octanol–water partition coefficient (Wildman–Crippen LogP) is 6.79. The van der Waals surface area contributed by atoms with Crippen molar-refractivity contribution < 1.29 is 9.53 Å². The number of nitrogens with one attached hydrogen (secondary N) is 2. The van der Waals surface area contributed by atoms with Crippen molar-refractivity contribution in [2.75, 3.05) is 28.6 Å². The molecule has 0 aliphatic carbocycles. The molecule has 0 unspecified atom stereocenters. The van der Waals surface area contributed by atoms with Crippen LogP contribution in [0.1, 0.15) is 12.8 Å². The van der Waals surface area contributed by atoms with Crippen LogP contribution in [0.25, 0.3) is 11.3 Å². The molecule has 1 aliphatic heterocycles. The molecule has 1 aromatic heterocycles. The highest BCUT2D eigenvalue weighted by molar-refractivity contribution is 6.00. The Hall–Kier alpha value is -4.32. The third kappa shape index (κ3) is 5.35. The van der Waals surface area contributed by atoms with E-state index in [1.165, 1.54) is 12.8 Å². The molecule has 2 N–H and O–H groups in total. The van der Waals surface area contributed by atoms with Gasteiger partial charge in [-0.1, -0.05) is 36.4 Å². The van der Waals surface area contributed by atoms with Gasteiger partial charge in [-0.2, -0.15) is 0 Å². The van der Waals surface area contributed by atoms with Crippen LogP contribution in [-0.4, -0.2) is 24.1 Å². The van der Waals surface area contributed by atoms with Gasteiger partial charge in [-0.25, -0.2) is 9.78 Å². The van der Waals surface area contributed by atoms with Gasteiger partial charge in [-0.05, 0) is 73.5 Å². The summed E-state index contributed by atoms with van der Waals surface area (Å²) in [6.45, 7) is 2.11. The van der Waals surface area contributed by atoms with E-state index in [0.29, 0.717) is 17.1 Å². The molecule has 5 rings (SSSR count). The van der Waals surface area contributed by atoms with Gasteiger partial charge in [0, 0.05) is 30.0 Å². The molecule has 1 aliphatic rings. The van der Waals surface area contributed by atoms with Gasteiger partial charge in [0.2, 0.25) is 0 Å². The molecule has 2 amide bonds. The lowest BCUT2D eigenvalue weighted by molar-refractivity contribution is 0.262. The first kappa shape index (κ1) is 21.5. The Morgan fingerprint density at radius 3 is 2.24 bits per heavy atom. The van der Waals surface area contributed by atoms with Crippen LogP contribution in [0.3, 0.4) is 0 Å². The first-order valence-electron chi connectivity index (χ1n) is 11.5. The van der Waals surface area contributed by atoms with E-state index in [0.717, 1.165) is 35.9 Å². The lowest BCUT2D eigenvalue weighted by Crippen LogP contribution is -2.19. The maximum Gasteiger partial charge on any atom is 0.323 e. The first-order valence-corrected chi connectivity index (χ1v) is 11.5. The zero-order chi connectivity index (χ0) is 23.2. The molecule has 1 saturated heterocycles. The van der Waals surface area contributed by atoms with Crippen LogP contribution < -0.4 is 20.3 Å². The SMILES string of the molecule is O=C(Nc1ccc(Oc2ccccc2)cc1)Nc1cccc(-c2cccc(N3CCCC3)n2)c1. The summed E-state index contributed by atoms with van der Waals surface area (Å²) in [5.74, 6) is 2.47. The third-order valence-corrected chi connectivity index (χ3v) is 5.67. The van der Waals surface area contributed by atoms with Gasteiger partial charge in [-0.15, -0.1) is 0 Å². The number of hydrogen-bond acceptors (Lipinski definition) is 4. The van der Waals surface area contributed by atoms with Crippen molar-refractivity contribution >= 4 is 23.2 Å². The highest BCUT2D eigenvalue weighted by Gasteiger charge is 2.14. The van der Waals surface area contributed by atoms with Crippen molar-refractivity contribution in [3.63, 3.8) is 0 Å². The number of rotatable bonds is 6. The van der Waals surface area contributed by atoms with Crippen LogP contribution in [0.4, 0.5) is 22.0 Å². The number of urea groups is 1. The van der Waals surface area contributed by atoms with E-state index < -0.39 is 0 Å². The minimum atomic E-state index is -0.312. The maximum atomic E-state index is 12.6. The zero-order valence-corrected chi connectivity index (χ0v) is 18.8. The first-order chi connectivity index (χ1) is 16.7. The Morgan fingerprint density at radius 2 is 1.44 bits per heavy atom. The standard InChI is InChI=1S/C28H26N4O2/c33-28(29-22-14-16-25(17-15-22)34-24-10-2-1-3-11-24)30-23-9-6-8-21(20-23)26-12-7-13-27(31-26)32-18-4-5-19-32/h1-3,6-17,20H,4-5,18-19H2,(H2,29,30,33). The largest absolute Gasteiger partial charge is 0.457 e. The summed E-state index contributed by atoms with van der Waals surface area (Å²) < 4.78 is 5.79. The van der Waals surface area contributed by atoms with E-state index in [1.807, 2.05) is 91.0 Å². The Morgan fingerprint density at radius 1 is 0.735 bits per heavy atom. The number of amides is 2. The van der Waals surface area contributed by atoms with Crippen molar-refractivity contribution in [3.8, 4) is 22.8 Å². The Kier molecular flexibility index (Phi) is 6.38. The normalized spacial score (nSPS) is 12.9. The fourth-order valence-electron chi connectivity index (χ4n) is 3.99. The van der Waals surface area contributed by atoms with Crippen LogP contribution in [-0.2, 0) is 0 Å². The molecule has 0 atom stereocenters. The van der Waals surface area contributed by atoms with Crippen molar-refractivity contribution in [2.24, 2.45) is 0 Å². The summed E-state index contributed by atoms with van der Waals surface area (Å²) in [6.07, 6.45) is 2.42. The van der Waals surface area contributed by atoms with E-state index in [9.17, 15) is 4.79 Å². The molecular weight excluding hydrogens is 424 g/mol. The van der Waals surface area contributed by atoms with E-state index in [1.54, 1.807) is 0 Å². The molecular formula is C28H26N4O2. The van der Waals surface area contributed by atoms with Crippen molar-refractivity contribution in [1.82, 2.24) is 4.98 Å². The average Bonchev–Trinajstić information content (AvgIpc) is 3.41. The number of para-hydroxylation sites is 1. The van der Waals surface area contributed by atoms with Crippen molar-refractivity contribution in [3.05, 3.63) is 97.1 Å². The molecule has 0 saturated carbocycles. The number of benzene rings is 3. The van der Waals surface area contributed by atoms with Gasteiger partial charge < -0.3 is 20.3 Å². The summed E-state index contributed by atoms with van der Waals surface area (Å²) in [5, 5.41) is 5.76. The fraction of sp³-hybridized carbons (Fsp3) is 0.143. The van der Waals surface area contributed by atoms with Crippen LogP contribution in [0.5, 0.6) is 11.5 Å². The van der Waals surface area contributed by atoms with Crippen molar-refractivity contribution in [2.45, 2.75) is 12.8 Å². The number of nitrogens with zero attached hydrogens (tertiary/aromatic N) is 2. The lowest BCUT2D eigenvalue weighted by Gasteiger charge is -2.17. The topological polar surface area (TPSA) is 66.5 Å². The number of aromatic nitrogens is 1. The Balaban J connectivity index is 1.22. The number of ether oxygens (including phenoxy) is 1. The third-order valence-electron chi connectivity index (χ3n) is 5.67. The van der Waals surface area contributed by atoms with Crippen LogP contribution in [0.15, 0.2) is 97.1 Å². The summed E-state index contributed by atoms with van der Waals surface area (Å²) in [7, 11) is 0. The number of anilines is 3. The number of carbonyl (C=O) groups excluding carboxylic acids is 1. The molecule has 34 heavy (non-hydrogen) atoms. The smallest absolute Gasteiger partial charge is 0.323 e. The molecule has 0 bridgehead atoms. The molecule has 1 fully saturated rings. The summed E-state index contributed by atoms with van der Waals surface area (Å²) >= 11 is 0. The molecule has 6 nitrogen and oxygen atoms in total. The molecule has 0 radical (unpaired) electrons. The second-order valence-electron chi connectivity index (χ2n) is 8.17. The van der Waals surface area contributed by atoms with Crippen LogP contribution in [0, 0.1) is 0 Å². The predicted molar refractivity (Wildman–Crippen MR) is 137 cm³/mol. The maximum absolute atomic E-state index is 12.6. The van der Waals surface area contributed by atoms with Gasteiger partial charge in [-0.3, -0.25) is 0 Å². The van der Waals surface area contributed by atoms with E-state index in [2.05, 4.69) is 21.6 Å². The van der Waals surface area contributed by atoms with E-state index >= 15 is 0 Å². The minimum absolute atomic E-state index is 0.312. The van der Waals surface area contributed by atoms with Gasteiger partial charge in [0.1, 0.15) is 17.3 Å². The van der Waals surface area contributed by atoms with Gasteiger partial charge in [0.05, 0.1) is 5.69 Å². The highest BCUT2D eigenvalue weighted by Crippen LogP contribution is 2.26. The van der Waals surface area contributed by atoms with Crippen LogP contribution in [0.2, 0.25) is 0 Å². The lowest BCUT2D eigenvalue weighted by atomic mass is 10.1. The fourth-order valence-corrected chi connectivity index (χ4v) is 3.99. The molecule has 4 aromatic rings. The van der Waals surface area contributed by atoms with Gasteiger partial charge in [0.25, 0.3) is 0 Å². The highest BCUT2D eigenvalue weighted by atomic mass is 16.5. The minimum Gasteiger partial charge on any atom is -0.457 e. The van der Waals surface area contributed by atoms with Gasteiger partial charge in [0.15, 0.2) is 0 Å². The molecule has 0 spiro atoms. The number of pyridine rings is 1. The molecule has 2 heterocycles. The zero-order valence-electron chi connectivity index (χ0n) is 18.8. The second kappa shape index (κ2) is 10.1. The Bertz CT molecular complexity index is 1250. The summed E-state index contributed by atoms with van der Waals surface area (Å²) in [6, 6.07) is 30.3. The van der Waals surface area contributed by atoms with Crippen molar-refractivity contribution in [1.29, 1.82) is 0 Å². The summed E-state index contributed by atoms with van der Waals surface area (Å²) in [4.78, 5) is 19.7. The van der Waals surface area contributed by atoms with Gasteiger partial charge >= 0.3 is 6.03 Å². The Labute approximate surface area is 199 Å². The second-order valence-corrected chi connectivity index (χ2v) is 8.17. The molecule has 6 heteroatoms. The molecule has 170 valence electrons.